The predicted molar refractivity (Wildman–Crippen MR) is 105 cm³/mol. The summed E-state index contributed by atoms with van der Waals surface area (Å²) in [7, 11) is 0. The highest BCUT2D eigenvalue weighted by atomic mass is 16.5. The van der Waals surface area contributed by atoms with E-state index in [1.807, 2.05) is 18.2 Å². The highest BCUT2D eigenvalue weighted by Crippen LogP contribution is 2.32. The van der Waals surface area contributed by atoms with Crippen molar-refractivity contribution in [2.75, 3.05) is 0 Å². The average molecular weight is 361 g/mol. The van der Waals surface area contributed by atoms with E-state index in [1.165, 1.54) is 11.1 Å². The molecule has 0 spiro atoms. The van der Waals surface area contributed by atoms with Crippen LogP contribution in [0.4, 0.5) is 0 Å². The second-order valence-corrected chi connectivity index (χ2v) is 7.40. The number of aliphatic hydroxyl groups excluding tert-OH is 1. The van der Waals surface area contributed by atoms with E-state index in [2.05, 4.69) is 36.4 Å². The fourth-order valence-corrected chi connectivity index (χ4v) is 3.96. The Morgan fingerprint density at radius 2 is 1.70 bits per heavy atom. The van der Waals surface area contributed by atoms with Gasteiger partial charge in [0.05, 0.1) is 6.10 Å². The maximum Gasteiger partial charge on any atom is 0.246 e. The number of aryl methyl sites for hydroxylation is 1. The molecule has 0 bridgehead atoms. The van der Waals surface area contributed by atoms with Crippen molar-refractivity contribution in [2.24, 2.45) is 5.92 Å². The number of hydroxylamine groups is 1. The second-order valence-electron chi connectivity index (χ2n) is 7.40. The van der Waals surface area contributed by atoms with Crippen molar-refractivity contribution in [3.63, 3.8) is 0 Å². The van der Waals surface area contributed by atoms with Crippen LogP contribution in [0.2, 0.25) is 0 Å². The molecule has 0 heterocycles. The number of amides is 1. The molecule has 3 aromatic rings. The zero-order valence-electron chi connectivity index (χ0n) is 15.3. The summed E-state index contributed by atoms with van der Waals surface area (Å²) in [5.41, 5.74) is 7.41. The van der Waals surface area contributed by atoms with E-state index in [0.717, 1.165) is 40.3 Å². The van der Waals surface area contributed by atoms with Gasteiger partial charge >= 0.3 is 0 Å². The van der Waals surface area contributed by atoms with E-state index in [4.69, 9.17) is 5.21 Å². The summed E-state index contributed by atoms with van der Waals surface area (Å²) >= 11 is 0. The Balaban J connectivity index is 1.67. The third-order valence-corrected chi connectivity index (χ3v) is 5.60. The van der Waals surface area contributed by atoms with Crippen molar-refractivity contribution >= 4 is 16.7 Å². The predicted octanol–water partition coefficient (Wildman–Crippen LogP) is 4.17. The first-order chi connectivity index (χ1) is 13.0. The van der Waals surface area contributed by atoms with Crippen LogP contribution in [0, 0.1) is 5.92 Å². The quantitative estimate of drug-likeness (QED) is 0.484. The number of nitrogens with one attached hydrogen (secondary N) is 1. The number of fused-ring (bicyclic) bond motifs is 2. The second kappa shape index (κ2) is 7.14. The van der Waals surface area contributed by atoms with Gasteiger partial charge in [0.25, 0.3) is 0 Å². The van der Waals surface area contributed by atoms with Gasteiger partial charge in [0, 0.05) is 5.92 Å². The van der Waals surface area contributed by atoms with Gasteiger partial charge in [-0.1, -0.05) is 42.5 Å². The largest absolute Gasteiger partial charge is 0.389 e. The minimum atomic E-state index is -0.473. The molecule has 1 aliphatic carbocycles. The Hall–Kier alpha value is -2.69. The maximum atomic E-state index is 11.8. The van der Waals surface area contributed by atoms with Crippen molar-refractivity contribution in [2.45, 2.75) is 32.3 Å². The molecule has 0 saturated heterocycles. The third kappa shape index (κ3) is 3.46. The molecule has 4 rings (SSSR count). The molecule has 1 aliphatic rings. The molecule has 2 unspecified atom stereocenters. The molecule has 0 aromatic heterocycles. The van der Waals surface area contributed by atoms with E-state index >= 15 is 0 Å². The molecule has 4 heteroatoms. The lowest BCUT2D eigenvalue weighted by Crippen LogP contribution is -2.31. The molecule has 0 fully saturated rings. The lowest BCUT2D eigenvalue weighted by atomic mass is 9.82. The van der Waals surface area contributed by atoms with Gasteiger partial charge in [-0.25, -0.2) is 5.48 Å². The zero-order chi connectivity index (χ0) is 19.0. The van der Waals surface area contributed by atoms with Gasteiger partial charge < -0.3 is 5.11 Å². The number of carbonyl (C=O) groups is 1. The number of benzene rings is 3. The summed E-state index contributed by atoms with van der Waals surface area (Å²) in [4.78, 5) is 11.8. The molecule has 0 aliphatic heterocycles. The molecular formula is C23H23NO3. The minimum absolute atomic E-state index is 0.173. The molecule has 3 N–H and O–H groups in total. The van der Waals surface area contributed by atoms with E-state index in [9.17, 15) is 9.90 Å². The van der Waals surface area contributed by atoms with Crippen LogP contribution in [-0.4, -0.2) is 16.2 Å². The Morgan fingerprint density at radius 3 is 2.48 bits per heavy atom. The maximum absolute atomic E-state index is 11.8. The first-order valence-electron chi connectivity index (χ1n) is 9.33. The molecule has 2 atom stereocenters. The van der Waals surface area contributed by atoms with Gasteiger partial charge in [-0.3, -0.25) is 10.0 Å². The molecule has 1 amide bonds. The number of aliphatic hydroxyl groups is 1. The first kappa shape index (κ1) is 17.7. The summed E-state index contributed by atoms with van der Waals surface area (Å²) in [6.07, 6.45) is 1.80. The SMILES string of the molecule is CC(O)c1ccc2cc(-c3ccc4c(c3)CC(C(=O)NO)CC4)ccc2c1. The van der Waals surface area contributed by atoms with E-state index in [0.29, 0.717) is 6.42 Å². The van der Waals surface area contributed by atoms with Gasteiger partial charge in [-0.05, 0) is 76.9 Å². The van der Waals surface area contributed by atoms with Crippen LogP contribution in [0.15, 0.2) is 54.6 Å². The topological polar surface area (TPSA) is 69.6 Å². The van der Waals surface area contributed by atoms with E-state index in [1.54, 1.807) is 12.4 Å². The number of carbonyl (C=O) groups excluding carboxylic acids is 1. The molecule has 3 aromatic carbocycles. The highest BCUT2D eigenvalue weighted by molar-refractivity contribution is 5.88. The molecular weight excluding hydrogens is 338 g/mol. The average Bonchev–Trinajstić information content (AvgIpc) is 2.71. The van der Waals surface area contributed by atoms with Gasteiger partial charge in [0.1, 0.15) is 0 Å². The van der Waals surface area contributed by atoms with Crippen molar-refractivity contribution in [3.8, 4) is 11.1 Å². The van der Waals surface area contributed by atoms with Crippen LogP contribution in [0.5, 0.6) is 0 Å². The molecule has 0 saturated carbocycles. The fraction of sp³-hybridized carbons (Fsp3) is 0.261. The third-order valence-electron chi connectivity index (χ3n) is 5.60. The lowest BCUT2D eigenvalue weighted by molar-refractivity contribution is -0.133. The number of hydrogen-bond acceptors (Lipinski definition) is 3. The van der Waals surface area contributed by atoms with Crippen LogP contribution in [0.3, 0.4) is 0 Å². The highest BCUT2D eigenvalue weighted by Gasteiger charge is 2.24. The number of rotatable bonds is 3. The van der Waals surface area contributed by atoms with Gasteiger partial charge in [-0.2, -0.15) is 0 Å². The van der Waals surface area contributed by atoms with E-state index in [-0.39, 0.29) is 11.8 Å². The molecule has 0 radical (unpaired) electrons. The Morgan fingerprint density at radius 1 is 1.00 bits per heavy atom. The van der Waals surface area contributed by atoms with Gasteiger partial charge in [0.2, 0.25) is 5.91 Å². The molecule has 27 heavy (non-hydrogen) atoms. The smallest absolute Gasteiger partial charge is 0.246 e. The van der Waals surface area contributed by atoms with Crippen molar-refractivity contribution in [1.29, 1.82) is 0 Å². The van der Waals surface area contributed by atoms with Crippen LogP contribution in [-0.2, 0) is 17.6 Å². The standard InChI is InChI=1S/C23H23NO3/c1-14(25)16-4-6-18-11-19(8-7-17(18)10-16)20-5-2-15-3-9-21(23(26)24-27)13-22(15)12-20/h2,4-8,10-12,14,21,25,27H,3,9,13H2,1H3,(H,24,26). The normalized spacial score (nSPS) is 17.4. The van der Waals surface area contributed by atoms with Gasteiger partial charge in [0.15, 0.2) is 0 Å². The van der Waals surface area contributed by atoms with Crippen molar-refractivity contribution in [1.82, 2.24) is 5.48 Å². The molecule has 138 valence electrons. The monoisotopic (exact) mass is 361 g/mol. The number of hydrogen-bond donors (Lipinski definition) is 3. The summed E-state index contributed by atoms with van der Waals surface area (Å²) in [5.74, 6) is -0.473. The summed E-state index contributed by atoms with van der Waals surface area (Å²) in [6.45, 7) is 1.77. The lowest BCUT2D eigenvalue weighted by Gasteiger charge is -2.23. The first-order valence-corrected chi connectivity index (χ1v) is 9.33. The van der Waals surface area contributed by atoms with Crippen molar-refractivity contribution in [3.05, 3.63) is 71.3 Å². The molecule has 4 nitrogen and oxygen atoms in total. The van der Waals surface area contributed by atoms with Crippen LogP contribution in [0.1, 0.15) is 36.1 Å². The zero-order valence-corrected chi connectivity index (χ0v) is 15.3. The Labute approximate surface area is 158 Å². The fourth-order valence-electron chi connectivity index (χ4n) is 3.96. The Bertz CT molecular complexity index is 1010. The Kier molecular flexibility index (Phi) is 4.68. The summed E-state index contributed by atoms with van der Waals surface area (Å²) in [5, 5.41) is 20.9. The minimum Gasteiger partial charge on any atom is -0.389 e. The van der Waals surface area contributed by atoms with Gasteiger partial charge in [-0.15, -0.1) is 0 Å². The van der Waals surface area contributed by atoms with Crippen LogP contribution in [0.25, 0.3) is 21.9 Å². The van der Waals surface area contributed by atoms with Crippen molar-refractivity contribution < 1.29 is 15.1 Å². The van der Waals surface area contributed by atoms with Crippen LogP contribution < -0.4 is 5.48 Å². The van der Waals surface area contributed by atoms with Crippen LogP contribution >= 0.6 is 0 Å². The summed E-state index contributed by atoms with van der Waals surface area (Å²) < 4.78 is 0. The summed E-state index contributed by atoms with van der Waals surface area (Å²) in [6, 6.07) is 18.8. The van der Waals surface area contributed by atoms with E-state index < -0.39 is 6.10 Å².